The zero-order chi connectivity index (χ0) is 28.8. The van der Waals surface area contributed by atoms with Crippen molar-refractivity contribution in [3.63, 3.8) is 0 Å². The van der Waals surface area contributed by atoms with Crippen molar-refractivity contribution in [1.29, 1.82) is 0 Å². The molecule has 0 amide bonds. The molecule has 1 unspecified atom stereocenters. The standard InChI is InChI=1S/C34H37O5P/c1-33(2,3)27-19-21(36-7)17-25(31(27)35)26-18-22(37-8)20-28(34(4,5)6)32(26)39-40-30-16-12-10-14-24(30)23-13-9-11-15-29(23)38-40/h9-20,35H,1-8H3. The second-order valence-corrected chi connectivity index (χ2v) is 13.4. The van der Waals surface area contributed by atoms with Gasteiger partial charge in [-0.15, -0.1) is 0 Å². The first kappa shape index (κ1) is 27.9. The molecule has 4 aromatic carbocycles. The Balaban J connectivity index is 1.77. The minimum atomic E-state index is -1.54. The average molecular weight is 557 g/mol. The van der Waals surface area contributed by atoms with Crippen LogP contribution in [0.4, 0.5) is 0 Å². The van der Waals surface area contributed by atoms with Gasteiger partial charge in [-0.1, -0.05) is 77.9 Å². The molecule has 0 spiro atoms. The van der Waals surface area contributed by atoms with Crippen LogP contribution in [0.5, 0.6) is 28.7 Å². The zero-order valence-electron chi connectivity index (χ0n) is 24.5. The Morgan fingerprint density at radius 3 is 1.82 bits per heavy atom. The van der Waals surface area contributed by atoms with E-state index in [1.165, 1.54) is 0 Å². The van der Waals surface area contributed by atoms with Crippen molar-refractivity contribution in [2.24, 2.45) is 0 Å². The fourth-order valence-corrected chi connectivity index (χ4v) is 6.53. The van der Waals surface area contributed by atoms with Gasteiger partial charge in [-0.3, -0.25) is 0 Å². The molecule has 6 heteroatoms. The summed E-state index contributed by atoms with van der Waals surface area (Å²) in [7, 11) is 1.75. The molecule has 0 saturated carbocycles. The monoisotopic (exact) mass is 556 g/mol. The Hall–Kier alpha value is -3.69. The summed E-state index contributed by atoms with van der Waals surface area (Å²) < 4.78 is 25.0. The number of hydrogen-bond donors (Lipinski definition) is 1. The largest absolute Gasteiger partial charge is 0.507 e. The molecule has 40 heavy (non-hydrogen) atoms. The number of methoxy groups -OCH3 is 2. The van der Waals surface area contributed by atoms with Crippen LogP contribution in [0.1, 0.15) is 52.7 Å². The van der Waals surface area contributed by atoms with Crippen LogP contribution in [0.15, 0.2) is 72.8 Å². The molecule has 4 aromatic rings. The maximum atomic E-state index is 11.7. The number of ether oxygens (including phenoxy) is 2. The summed E-state index contributed by atoms with van der Waals surface area (Å²) in [6.07, 6.45) is 0. The summed E-state index contributed by atoms with van der Waals surface area (Å²) in [4.78, 5) is 0. The Morgan fingerprint density at radius 1 is 0.650 bits per heavy atom. The van der Waals surface area contributed by atoms with E-state index < -0.39 is 8.38 Å². The second-order valence-electron chi connectivity index (χ2n) is 12.1. The van der Waals surface area contributed by atoms with Gasteiger partial charge in [-0.05, 0) is 52.8 Å². The summed E-state index contributed by atoms with van der Waals surface area (Å²) in [5.41, 5.74) is 4.59. The number of phenolic OH excluding ortho intramolecular Hbond substituents is 1. The number of rotatable bonds is 5. The second kappa shape index (κ2) is 10.4. The molecule has 1 heterocycles. The lowest BCUT2D eigenvalue weighted by molar-refractivity contribution is 0.405. The topological polar surface area (TPSA) is 57.2 Å². The average Bonchev–Trinajstić information content (AvgIpc) is 2.92. The molecule has 1 atom stereocenters. The number of aromatic hydroxyl groups is 1. The van der Waals surface area contributed by atoms with Gasteiger partial charge in [0.2, 0.25) is 0 Å². The fourth-order valence-electron chi connectivity index (χ4n) is 5.00. The van der Waals surface area contributed by atoms with E-state index in [0.29, 0.717) is 28.4 Å². The van der Waals surface area contributed by atoms with Crippen LogP contribution in [0.3, 0.4) is 0 Å². The van der Waals surface area contributed by atoms with Gasteiger partial charge >= 0.3 is 8.38 Å². The molecule has 0 bridgehead atoms. The maximum Gasteiger partial charge on any atom is 0.326 e. The van der Waals surface area contributed by atoms with Crippen LogP contribution < -0.4 is 23.8 Å². The van der Waals surface area contributed by atoms with E-state index in [1.54, 1.807) is 14.2 Å². The van der Waals surface area contributed by atoms with Crippen molar-refractivity contribution in [2.75, 3.05) is 14.2 Å². The Bertz CT molecular complexity index is 1560. The highest BCUT2D eigenvalue weighted by Gasteiger charge is 2.34. The fraction of sp³-hybridized carbons (Fsp3) is 0.294. The molecule has 0 aliphatic carbocycles. The third kappa shape index (κ3) is 5.11. The number of benzene rings is 4. The van der Waals surface area contributed by atoms with Gasteiger partial charge < -0.3 is 23.6 Å². The van der Waals surface area contributed by atoms with Gasteiger partial charge in [0.15, 0.2) is 0 Å². The number of para-hydroxylation sites is 1. The molecule has 1 aliphatic rings. The van der Waals surface area contributed by atoms with Crippen molar-refractivity contribution >= 4 is 13.7 Å². The van der Waals surface area contributed by atoms with Crippen LogP contribution in [-0.2, 0) is 10.8 Å². The van der Waals surface area contributed by atoms with Gasteiger partial charge in [-0.25, -0.2) is 0 Å². The highest BCUT2D eigenvalue weighted by Crippen LogP contribution is 2.55. The van der Waals surface area contributed by atoms with E-state index in [2.05, 4.69) is 59.7 Å². The van der Waals surface area contributed by atoms with Crippen LogP contribution >= 0.6 is 8.38 Å². The van der Waals surface area contributed by atoms with E-state index in [4.69, 9.17) is 18.5 Å². The van der Waals surface area contributed by atoms with Crippen molar-refractivity contribution in [1.82, 2.24) is 0 Å². The van der Waals surface area contributed by atoms with Crippen LogP contribution in [0, 0.1) is 0 Å². The molecule has 0 saturated heterocycles. The summed E-state index contributed by atoms with van der Waals surface area (Å²) in [6, 6.07) is 24.0. The summed E-state index contributed by atoms with van der Waals surface area (Å²) in [5, 5.41) is 12.7. The minimum Gasteiger partial charge on any atom is -0.507 e. The van der Waals surface area contributed by atoms with Gasteiger partial charge in [0.1, 0.15) is 28.7 Å². The third-order valence-electron chi connectivity index (χ3n) is 7.16. The van der Waals surface area contributed by atoms with E-state index >= 15 is 0 Å². The van der Waals surface area contributed by atoms with Crippen molar-refractivity contribution in [2.45, 2.75) is 52.4 Å². The number of fused-ring (bicyclic) bond motifs is 3. The van der Waals surface area contributed by atoms with Gasteiger partial charge in [-0.2, -0.15) is 0 Å². The third-order valence-corrected chi connectivity index (χ3v) is 8.65. The van der Waals surface area contributed by atoms with Crippen molar-refractivity contribution in [3.05, 3.63) is 83.9 Å². The summed E-state index contributed by atoms with van der Waals surface area (Å²) >= 11 is 0. The zero-order valence-corrected chi connectivity index (χ0v) is 25.4. The Kier molecular flexibility index (Phi) is 7.22. The van der Waals surface area contributed by atoms with Crippen molar-refractivity contribution in [3.8, 4) is 51.0 Å². The lowest BCUT2D eigenvalue weighted by Crippen LogP contribution is -2.20. The molecule has 0 fully saturated rings. The number of phenols is 1. The maximum absolute atomic E-state index is 11.7. The first-order chi connectivity index (χ1) is 18.9. The van der Waals surface area contributed by atoms with Gasteiger partial charge in [0, 0.05) is 27.8 Å². The first-order valence-corrected chi connectivity index (χ1v) is 14.6. The minimum absolute atomic E-state index is 0.189. The lowest BCUT2D eigenvalue weighted by atomic mass is 9.81. The molecule has 208 valence electrons. The molecule has 0 radical (unpaired) electrons. The predicted octanol–water partition coefficient (Wildman–Crippen LogP) is 8.75. The summed E-state index contributed by atoms with van der Waals surface area (Å²) in [6.45, 7) is 12.6. The van der Waals surface area contributed by atoms with E-state index in [-0.39, 0.29) is 16.6 Å². The first-order valence-electron chi connectivity index (χ1n) is 13.4. The van der Waals surface area contributed by atoms with Crippen LogP contribution in [-0.4, -0.2) is 19.3 Å². The van der Waals surface area contributed by atoms with E-state index in [9.17, 15) is 5.11 Å². The predicted molar refractivity (Wildman–Crippen MR) is 164 cm³/mol. The van der Waals surface area contributed by atoms with Gasteiger partial charge in [0.25, 0.3) is 0 Å². The SMILES string of the molecule is COc1cc(-c2cc(OC)cc(C(C)(C)C)c2OP2Oc3ccccc3-c3ccccc32)c(O)c(C(C)(C)C)c1. The molecule has 5 rings (SSSR count). The van der Waals surface area contributed by atoms with Gasteiger partial charge in [0.05, 0.1) is 19.5 Å². The molecule has 0 aromatic heterocycles. The molecule has 1 aliphatic heterocycles. The Labute approximate surface area is 238 Å². The Morgan fingerprint density at radius 2 is 1.20 bits per heavy atom. The van der Waals surface area contributed by atoms with Crippen LogP contribution in [0.2, 0.25) is 0 Å². The molecule has 5 nitrogen and oxygen atoms in total. The lowest BCUT2D eigenvalue weighted by Gasteiger charge is -2.31. The highest BCUT2D eigenvalue weighted by atomic mass is 31.2. The molecule has 1 N–H and O–H groups in total. The molecular formula is C34H37O5P. The van der Waals surface area contributed by atoms with E-state index in [1.807, 2.05) is 54.6 Å². The van der Waals surface area contributed by atoms with Crippen LogP contribution in [0.25, 0.3) is 22.3 Å². The van der Waals surface area contributed by atoms with Crippen molar-refractivity contribution < 1.29 is 23.6 Å². The summed E-state index contributed by atoms with van der Waals surface area (Å²) in [5.74, 6) is 2.96. The number of hydrogen-bond acceptors (Lipinski definition) is 5. The highest BCUT2D eigenvalue weighted by molar-refractivity contribution is 7.57. The van der Waals surface area contributed by atoms with E-state index in [0.717, 1.165) is 33.3 Å². The normalized spacial score (nSPS) is 14.6. The quantitative estimate of drug-likeness (QED) is 0.249. The smallest absolute Gasteiger partial charge is 0.326 e. The molecular weight excluding hydrogens is 519 g/mol.